The van der Waals surface area contributed by atoms with Gasteiger partial charge in [-0.2, -0.15) is 0 Å². The van der Waals surface area contributed by atoms with Crippen molar-refractivity contribution in [2.24, 2.45) is 11.7 Å². The van der Waals surface area contributed by atoms with E-state index in [1.807, 2.05) is 18.7 Å². The molecule has 15 heavy (non-hydrogen) atoms. The van der Waals surface area contributed by atoms with E-state index >= 15 is 0 Å². The van der Waals surface area contributed by atoms with Crippen LogP contribution >= 0.6 is 0 Å². The van der Waals surface area contributed by atoms with Crippen molar-refractivity contribution in [1.29, 1.82) is 0 Å². The number of nitrogens with zero attached hydrogens (tertiary/aromatic N) is 1. The predicted molar refractivity (Wildman–Crippen MR) is 59.3 cm³/mol. The minimum atomic E-state index is -0.589. The van der Waals surface area contributed by atoms with E-state index in [0.29, 0.717) is 32.5 Å². The molecule has 1 fully saturated rings. The molecule has 1 rings (SSSR count). The Kier molecular flexibility index (Phi) is 4.11. The molecule has 0 aliphatic carbocycles. The number of rotatable bonds is 3. The third-order valence-electron chi connectivity index (χ3n) is 3.17. The lowest BCUT2D eigenvalue weighted by Gasteiger charge is -2.36. The smallest absolute Gasteiger partial charge is 0.225 e. The normalized spacial score (nSPS) is 22.5. The molecule has 0 bridgehead atoms. The maximum absolute atomic E-state index is 11.9. The molecule has 0 aromatic carbocycles. The number of carbonyl (C=O) groups is 1. The Labute approximate surface area is 91.4 Å². The highest BCUT2D eigenvalue weighted by Gasteiger charge is 2.30. The summed E-state index contributed by atoms with van der Waals surface area (Å²) in [6.45, 7) is 5.64. The highest BCUT2D eigenvalue weighted by molar-refractivity contribution is 5.78. The summed E-state index contributed by atoms with van der Waals surface area (Å²) in [4.78, 5) is 13.7. The van der Waals surface area contributed by atoms with E-state index in [2.05, 4.69) is 0 Å². The van der Waals surface area contributed by atoms with Crippen molar-refractivity contribution >= 4 is 5.91 Å². The maximum atomic E-state index is 11.9. The zero-order chi connectivity index (χ0) is 11.5. The van der Waals surface area contributed by atoms with Gasteiger partial charge in [-0.3, -0.25) is 4.79 Å². The van der Waals surface area contributed by atoms with Crippen LogP contribution in [0.2, 0.25) is 0 Å². The lowest BCUT2D eigenvalue weighted by atomic mass is 9.93. The molecule has 0 spiro atoms. The summed E-state index contributed by atoms with van der Waals surface area (Å²) in [6, 6.07) is 0. The van der Waals surface area contributed by atoms with Crippen LogP contribution in [0.5, 0.6) is 0 Å². The van der Waals surface area contributed by atoms with Gasteiger partial charge in [-0.15, -0.1) is 0 Å². The molecule has 1 amide bonds. The third-order valence-corrected chi connectivity index (χ3v) is 3.17. The Bertz CT molecular complexity index is 219. The van der Waals surface area contributed by atoms with Crippen molar-refractivity contribution in [2.75, 3.05) is 19.6 Å². The average molecular weight is 214 g/mol. The average Bonchev–Trinajstić information content (AvgIpc) is 2.17. The van der Waals surface area contributed by atoms with Crippen LogP contribution in [-0.2, 0) is 4.79 Å². The lowest BCUT2D eigenvalue weighted by Crippen LogP contribution is -2.46. The number of carbonyl (C=O) groups excluding carboxylic acids is 1. The second-order valence-electron chi connectivity index (χ2n) is 4.80. The van der Waals surface area contributed by atoms with Gasteiger partial charge in [-0.25, -0.2) is 0 Å². The summed E-state index contributed by atoms with van der Waals surface area (Å²) in [5.41, 5.74) is 4.84. The maximum Gasteiger partial charge on any atom is 0.225 e. The van der Waals surface area contributed by atoms with E-state index in [1.54, 1.807) is 0 Å². The first-order chi connectivity index (χ1) is 6.96. The number of likely N-dealkylation sites (tertiary alicyclic amines) is 1. The van der Waals surface area contributed by atoms with Crippen LogP contribution in [0.3, 0.4) is 0 Å². The van der Waals surface area contributed by atoms with Gasteiger partial charge in [-0.1, -0.05) is 6.92 Å². The van der Waals surface area contributed by atoms with E-state index < -0.39 is 5.60 Å². The van der Waals surface area contributed by atoms with Crippen molar-refractivity contribution in [3.05, 3.63) is 0 Å². The monoisotopic (exact) mass is 214 g/mol. The molecule has 4 heteroatoms. The molecular formula is C11H22N2O2. The SMILES string of the molecule is CC(CCN)C(=O)N1CCC(C)(O)CC1. The molecule has 0 saturated carbocycles. The zero-order valence-electron chi connectivity index (χ0n) is 9.70. The highest BCUT2D eigenvalue weighted by Crippen LogP contribution is 2.22. The van der Waals surface area contributed by atoms with Gasteiger partial charge in [0.05, 0.1) is 5.60 Å². The summed E-state index contributed by atoms with van der Waals surface area (Å²) in [6.07, 6.45) is 2.09. The second kappa shape index (κ2) is 4.94. The molecule has 1 aliphatic rings. The lowest BCUT2D eigenvalue weighted by molar-refractivity contribution is -0.138. The quantitative estimate of drug-likeness (QED) is 0.712. The largest absolute Gasteiger partial charge is 0.390 e. The van der Waals surface area contributed by atoms with Gasteiger partial charge < -0.3 is 15.7 Å². The van der Waals surface area contributed by atoms with Crippen LogP contribution in [0.4, 0.5) is 0 Å². The summed E-state index contributed by atoms with van der Waals surface area (Å²) in [7, 11) is 0. The van der Waals surface area contributed by atoms with Gasteiger partial charge in [0.15, 0.2) is 0 Å². The number of hydrogen-bond acceptors (Lipinski definition) is 3. The van der Waals surface area contributed by atoms with Gasteiger partial charge in [0, 0.05) is 19.0 Å². The molecule has 1 saturated heterocycles. The first-order valence-corrected chi connectivity index (χ1v) is 5.67. The Hall–Kier alpha value is -0.610. The van der Waals surface area contributed by atoms with Crippen LogP contribution in [-0.4, -0.2) is 41.1 Å². The number of piperidine rings is 1. The standard InChI is InChI=1S/C11H22N2O2/c1-9(3-6-12)10(14)13-7-4-11(2,15)5-8-13/h9,15H,3-8,12H2,1-2H3. The molecule has 1 heterocycles. The summed E-state index contributed by atoms with van der Waals surface area (Å²) in [5, 5.41) is 9.76. The molecule has 1 aliphatic heterocycles. The summed E-state index contributed by atoms with van der Waals surface area (Å²) >= 11 is 0. The fourth-order valence-corrected chi connectivity index (χ4v) is 1.89. The van der Waals surface area contributed by atoms with Crippen LogP contribution < -0.4 is 5.73 Å². The van der Waals surface area contributed by atoms with Crippen LogP contribution in [0.1, 0.15) is 33.1 Å². The molecule has 0 radical (unpaired) electrons. The first-order valence-electron chi connectivity index (χ1n) is 5.67. The van der Waals surface area contributed by atoms with Crippen molar-refractivity contribution in [2.45, 2.75) is 38.7 Å². The van der Waals surface area contributed by atoms with E-state index in [4.69, 9.17) is 5.73 Å². The fraction of sp³-hybridized carbons (Fsp3) is 0.909. The van der Waals surface area contributed by atoms with Crippen LogP contribution in [0.25, 0.3) is 0 Å². The number of hydrogen-bond donors (Lipinski definition) is 2. The van der Waals surface area contributed by atoms with Crippen LogP contribution in [0.15, 0.2) is 0 Å². The van der Waals surface area contributed by atoms with Gasteiger partial charge >= 0.3 is 0 Å². The summed E-state index contributed by atoms with van der Waals surface area (Å²) < 4.78 is 0. The molecule has 88 valence electrons. The Morgan fingerprint density at radius 2 is 2.07 bits per heavy atom. The molecule has 4 nitrogen and oxygen atoms in total. The topological polar surface area (TPSA) is 66.6 Å². The van der Waals surface area contributed by atoms with Gasteiger partial charge in [0.1, 0.15) is 0 Å². The third kappa shape index (κ3) is 3.47. The fourth-order valence-electron chi connectivity index (χ4n) is 1.89. The number of aliphatic hydroxyl groups is 1. The molecule has 1 atom stereocenters. The van der Waals surface area contributed by atoms with E-state index in [9.17, 15) is 9.90 Å². The number of nitrogens with two attached hydrogens (primary N) is 1. The highest BCUT2D eigenvalue weighted by atomic mass is 16.3. The van der Waals surface area contributed by atoms with Crippen molar-refractivity contribution in [1.82, 2.24) is 4.90 Å². The minimum Gasteiger partial charge on any atom is -0.390 e. The zero-order valence-corrected chi connectivity index (χ0v) is 9.70. The van der Waals surface area contributed by atoms with E-state index in [-0.39, 0.29) is 11.8 Å². The van der Waals surface area contributed by atoms with Crippen molar-refractivity contribution in [3.8, 4) is 0 Å². The van der Waals surface area contributed by atoms with Gasteiger partial charge in [0.2, 0.25) is 5.91 Å². The predicted octanol–water partition coefficient (Wildman–Crippen LogP) is 0.345. The Morgan fingerprint density at radius 1 is 1.53 bits per heavy atom. The molecular weight excluding hydrogens is 192 g/mol. The van der Waals surface area contributed by atoms with Gasteiger partial charge in [-0.05, 0) is 32.7 Å². The molecule has 1 unspecified atom stereocenters. The minimum absolute atomic E-state index is 0.0121. The van der Waals surface area contributed by atoms with E-state index in [0.717, 1.165) is 6.42 Å². The van der Waals surface area contributed by atoms with E-state index in [1.165, 1.54) is 0 Å². The first kappa shape index (κ1) is 12.5. The number of amides is 1. The van der Waals surface area contributed by atoms with Crippen molar-refractivity contribution in [3.63, 3.8) is 0 Å². The molecule has 0 aromatic heterocycles. The summed E-state index contributed by atoms with van der Waals surface area (Å²) in [5.74, 6) is 0.189. The van der Waals surface area contributed by atoms with Crippen molar-refractivity contribution < 1.29 is 9.90 Å². The Balaban J connectivity index is 2.42. The van der Waals surface area contributed by atoms with Gasteiger partial charge in [0.25, 0.3) is 0 Å². The molecule has 0 aromatic rings. The van der Waals surface area contributed by atoms with Crippen LogP contribution in [0, 0.1) is 5.92 Å². The second-order valence-corrected chi connectivity index (χ2v) is 4.80. The molecule has 3 N–H and O–H groups in total. The Morgan fingerprint density at radius 3 is 2.53 bits per heavy atom.